The highest BCUT2D eigenvalue weighted by Crippen LogP contribution is 2.36. The molecule has 2 heterocycles. The van der Waals surface area contributed by atoms with Gasteiger partial charge < -0.3 is 9.47 Å². The van der Waals surface area contributed by atoms with Gasteiger partial charge in [0.2, 0.25) is 0 Å². The number of hydrogen-bond acceptors (Lipinski definition) is 4. The molecule has 1 saturated heterocycles. The van der Waals surface area contributed by atoms with E-state index >= 15 is 0 Å². The Morgan fingerprint density at radius 2 is 2.39 bits per heavy atom. The zero-order chi connectivity index (χ0) is 12.5. The number of carbonyl (C=O) groups excluding carboxylic acids is 1. The Balaban J connectivity index is 2.09. The molecular weight excluding hydrogens is 248 g/mol. The summed E-state index contributed by atoms with van der Waals surface area (Å²) in [4.78, 5) is 12.2. The molecule has 0 bridgehead atoms. The first-order chi connectivity index (χ1) is 8.79. The average Bonchev–Trinajstić information content (AvgIpc) is 3.05. The van der Waals surface area contributed by atoms with Crippen molar-refractivity contribution in [3.05, 3.63) is 34.7 Å². The first-order valence-electron chi connectivity index (χ1n) is 6.02. The van der Waals surface area contributed by atoms with Gasteiger partial charge in [0.25, 0.3) is 0 Å². The molecule has 94 valence electrons. The Labute approximate surface area is 109 Å². The first-order valence-corrected chi connectivity index (χ1v) is 6.83. The van der Waals surface area contributed by atoms with Crippen molar-refractivity contribution in [2.24, 2.45) is 0 Å². The lowest BCUT2D eigenvalue weighted by Gasteiger charge is -2.10. The van der Waals surface area contributed by atoms with E-state index in [9.17, 15) is 4.79 Å². The number of hydrogen-bond donors (Lipinski definition) is 0. The predicted molar refractivity (Wildman–Crippen MR) is 71.1 cm³/mol. The van der Waals surface area contributed by atoms with E-state index < -0.39 is 0 Å². The molecule has 0 aliphatic carbocycles. The molecule has 1 aromatic carbocycles. The van der Waals surface area contributed by atoms with Crippen LogP contribution in [0.25, 0.3) is 10.1 Å². The van der Waals surface area contributed by atoms with Crippen LogP contribution >= 0.6 is 11.3 Å². The van der Waals surface area contributed by atoms with Crippen LogP contribution < -0.4 is 0 Å². The summed E-state index contributed by atoms with van der Waals surface area (Å²) >= 11 is 1.47. The topological polar surface area (TPSA) is 35.5 Å². The molecule has 0 amide bonds. The third kappa shape index (κ3) is 1.91. The SMILES string of the molecule is COC(=O)c1cc2c(C3CCCO3)cccc2s1. The number of rotatable bonds is 2. The molecule has 3 rings (SSSR count). The fraction of sp³-hybridized carbons (Fsp3) is 0.357. The van der Waals surface area contributed by atoms with E-state index in [1.165, 1.54) is 24.0 Å². The Morgan fingerprint density at radius 1 is 1.50 bits per heavy atom. The van der Waals surface area contributed by atoms with Gasteiger partial charge in [0, 0.05) is 11.3 Å². The number of ether oxygens (including phenoxy) is 2. The third-order valence-corrected chi connectivity index (χ3v) is 4.34. The van der Waals surface area contributed by atoms with Crippen LogP contribution in [-0.2, 0) is 9.47 Å². The molecule has 0 N–H and O–H groups in total. The highest BCUT2D eigenvalue weighted by Gasteiger charge is 2.21. The summed E-state index contributed by atoms with van der Waals surface area (Å²) in [6.07, 6.45) is 2.34. The molecule has 1 unspecified atom stereocenters. The standard InChI is InChI=1S/C14H14O3S/c1-16-14(15)13-8-10-9(11-5-3-7-17-11)4-2-6-12(10)18-13/h2,4,6,8,11H,3,5,7H2,1H3. The van der Waals surface area contributed by atoms with Gasteiger partial charge in [0.05, 0.1) is 13.2 Å². The zero-order valence-corrected chi connectivity index (χ0v) is 11.0. The van der Waals surface area contributed by atoms with Gasteiger partial charge >= 0.3 is 5.97 Å². The molecule has 2 aromatic rings. The molecule has 4 heteroatoms. The van der Waals surface area contributed by atoms with Crippen molar-refractivity contribution < 1.29 is 14.3 Å². The maximum absolute atomic E-state index is 11.6. The summed E-state index contributed by atoms with van der Waals surface area (Å²) in [5, 5.41) is 1.12. The fourth-order valence-corrected chi connectivity index (χ4v) is 3.40. The van der Waals surface area contributed by atoms with Crippen LogP contribution in [0.2, 0.25) is 0 Å². The number of benzene rings is 1. The van der Waals surface area contributed by atoms with Gasteiger partial charge in [-0.2, -0.15) is 0 Å². The van der Waals surface area contributed by atoms with Crippen molar-refractivity contribution >= 4 is 27.4 Å². The van der Waals surface area contributed by atoms with Crippen molar-refractivity contribution in [3.8, 4) is 0 Å². The maximum atomic E-state index is 11.6. The van der Waals surface area contributed by atoms with E-state index in [1.807, 2.05) is 18.2 Å². The summed E-state index contributed by atoms with van der Waals surface area (Å²) in [5.74, 6) is -0.269. The zero-order valence-electron chi connectivity index (χ0n) is 10.1. The highest BCUT2D eigenvalue weighted by molar-refractivity contribution is 7.20. The normalized spacial score (nSPS) is 19.3. The van der Waals surface area contributed by atoms with Crippen molar-refractivity contribution in [1.29, 1.82) is 0 Å². The number of methoxy groups -OCH3 is 1. The van der Waals surface area contributed by atoms with Gasteiger partial charge in [0.1, 0.15) is 4.88 Å². The average molecular weight is 262 g/mol. The molecule has 1 aromatic heterocycles. The van der Waals surface area contributed by atoms with Gasteiger partial charge in [0.15, 0.2) is 0 Å². The molecule has 1 atom stereocenters. The lowest BCUT2D eigenvalue weighted by atomic mass is 10.0. The molecular formula is C14H14O3S. The van der Waals surface area contributed by atoms with Crippen molar-refractivity contribution in [2.75, 3.05) is 13.7 Å². The van der Waals surface area contributed by atoms with E-state index in [2.05, 4.69) is 6.07 Å². The van der Waals surface area contributed by atoms with Crippen LogP contribution in [0, 0.1) is 0 Å². The monoisotopic (exact) mass is 262 g/mol. The molecule has 18 heavy (non-hydrogen) atoms. The molecule has 1 aliphatic heterocycles. The van der Waals surface area contributed by atoms with Crippen molar-refractivity contribution in [2.45, 2.75) is 18.9 Å². The van der Waals surface area contributed by atoms with Crippen LogP contribution in [0.5, 0.6) is 0 Å². The van der Waals surface area contributed by atoms with Gasteiger partial charge in [-0.25, -0.2) is 4.79 Å². The smallest absolute Gasteiger partial charge is 0.348 e. The van der Waals surface area contributed by atoms with E-state index in [4.69, 9.17) is 9.47 Å². The Bertz CT molecular complexity index is 582. The minimum Gasteiger partial charge on any atom is -0.465 e. The summed E-state index contributed by atoms with van der Waals surface area (Å²) in [6.45, 7) is 0.828. The third-order valence-electron chi connectivity index (χ3n) is 3.26. The number of esters is 1. The van der Waals surface area contributed by atoms with E-state index in [0.717, 1.165) is 29.5 Å². The van der Waals surface area contributed by atoms with Gasteiger partial charge in [-0.1, -0.05) is 12.1 Å². The number of fused-ring (bicyclic) bond motifs is 1. The Hall–Kier alpha value is -1.39. The van der Waals surface area contributed by atoms with E-state index in [0.29, 0.717) is 4.88 Å². The van der Waals surface area contributed by atoms with Crippen LogP contribution in [0.4, 0.5) is 0 Å². The molecule has 0 spiro atoms. The second kappa shape index (κ2) is 4.71. The molecule has 3 nitrogen and oxygen atoms in total. The number of thiophene rings is 1. The second-order valence-electron chi connectivity index (χ2n) is 4.36. The maximum Gasteiger partial charge on any atom is 0.348 e. The predicted octanol–water partition coefficient (Wildman–Crippen LogP) is 3.54. The summed E-state index contributed by atoms with van der Waals surface area (Å²) in [5.41, 5.74) is 1.19. The van der Waals surface area contributed by atoms with Gasteiger partial charge in [-0.05, 0) is 35.9 Å². The fourth-order valence-electron chi connectivity index (χ4n) is 2.39. The van der Waals surface area contributed by atoms with Crippen LogP contribution in [0.3, 0.4) is 0 Å². The lowest BCUT2D eigenvalue weighted by molar-refractivity contribution is 0.0606. The minimum absolute atomic E-state index is 0.175. The number of carbonyl (C=O) groups is 1. The Morgan fingerprint density at radius 3 is 3.11 bits per heavy atom. The van der Waals surface area contributed by atoms with Crippen LogP contribution in [0.15, 0.2) is 24.3 Å². The lowest BCUT2D eigenvalue weighted by Crippen LogP contribution is -1.97. The molecule has 1 fully saturated rings. The Kier molecular flexibility index (Phi) is 3.06. The second-order valence-corrected chi connectivity index (χ2v) is 5.45. The van der Waals surface area contributed by atoms with Gasteiger partial charge in [-0.3, -0.25) is 0 Å². The largest absolute Gasteiger partial charge is 0.465 e. The van der Waals surface area contributed by atoms with Crippen LogP contribution in [0.1, 0.15) is 34.2 Å². The first kappa shape index (κ1) is 11.7. The molecule has 0 radical (unpaired) electrons. The van der Waals surface area contributed by atoms with Crippen molar-refractivity contribution in [1.82, 2.24) is 0 Å². The van der Waals surface area contributed by atoms with E-state index in [1.54, 1.807) is 0 Å². The summed E-state index contributed by atoms with van der Waals surface area (Å²) in [6, 6.07) is 8.07. The molecule has 0 saturated carbocycles. The van der Waals surface area contributed by atoms with Gasteiger partial charge in [-0.15, -0.1) is 11.3 Å². The quantitative estimate of drug-likeness (QED) is 0.776. The molecule has 1 aliphatic rings. The highest BCUT2D eigenvalue weighted by atomic mass is 32.1. The minimum atomic E-state index is -0.269. The van der Waals surface area contributed by atoms with Crippen LogP contribution in [-0.4, -0.2) is 19.7 Å². The van der Waals surface area contributed by atoms with Crippen molar-refractivity contribution in [3.63, 3.8) is 0 Å². The summed E-state index contributed by atoms with van der Waals surface area (Å²) in [7, 11) is 1.41. The summed E-state index contributed by atoms with van der Waals surface area (Å²) < 4.78 is 11.6. The van der Waals surface area contributed by atoms with E-state index in [-0.39, 0.29) is 12.1 Å².